The van der Waals surface area contributed by atoms with Crippen molar-refractivity contribution in [1.29, 1.82) is 0 Å². The van der Waals surface area contributed by atoms with Crippen molar-refractivity contribution >= 4 is 40.7 Å². The van der Waals surface area contributed by atoms with Gasteiger partial charge in [-0.2, -0.15) is 5.10 Å². The highest BCUT2D eigenvalue weighted by Gasteiger charge is 2.40. The van der Waals surface area contributed by atoms with Crippen LogP contribution in [0.4, 0.5) is 5.82 Å². The Hall–Kier alpha value is -2.62. The number of carbonyl (C=O) groups is 2. The number of benzene rings is 1. The summed E-state index contributed by atoms with van der Waals surface area (Å²) in [6.07, 6.45) is 0. The molecule has 2 aliphatic rings. The molecule has 2 amide bonds. The number of hydrogen-bond donors (Lipinski definition) is 0. The molecule has 0 spiro atoms. The number of amides is 2. The van der Waals surface area contributed by atoms with E-state index in [0.717, 1.165) is 48.0 Å². The van der Waals surface area contributed by atoms with Crippen molar-refractivity contribution in [1.82, 2.24) is 19.6 Å². The predicted molar refractivity (Wildman–Crippen MR) is 157 cm³/mol. The fraction of sp³-hybridized carbons (Fsp3) is 0.483. The largest absolute Gasteiger partial charge is 0.339 e. The molecule has 4 heterocycles. The van der Waals surface area contributed by atoms with Crippen LogP contribution in [0.2, 0.25) is 0 Å². The van der Waals surface area contributed by atoms with Crippen molar-refractivity contribution in [3.05, 3.63) is 63.5 Å². The summed E-state index contributed by atoms with van der Waals surface area (Å²) >= 11 is 3.34. The number of rotatable bonds is 5. The molecule has 7 nitrogen and oxygen atoms in total. The summed E-state index contributed by atoms with van der Waals surface area (Å²) in [7, 11) is 0. The summed E-state index contributed by atoms with van der Waals surface area (Å²) in [4.78, 5) is 34.6. The second-order valence-electron chi connectivity index (χ2n) is 11.1. The van der Waals surface area contributed by atoms with Gasteiger partial charge in [0.25, 0.3) is 0 Å². The van der Waals surface area contributed by atoms with Crippen molar-refractivity contribution in [2.75, 3.05) is 49.9 Å². The van der Waals surface area contributed by atoms with E-state index in [1.54, 1.807) is 28.0 Å². The molecule has 2 aliphatic heterocycles. The Morgan fingerprint density at radius 2 is 1.79 bits per heavy atom. The smallest absolute Gasteiger partial charge is 0.242 e. The lowest BCUT2D eigenvalue weighted by Gasteiger charge is -2.35. The quantitative estimate of drug-likeness (QED) is 0.453. The van der Waals surface area contributed by atoms with Gasteiger partial charge in [0.2, 0.25) is 11.8 Å². The van der Waals surface area contributed by atoms with E-state index in [0.29, 0.717) is 18.8 Å². The molecule has 5 rings (SSSR count). The molecule has 1 fully saturated rings. The SMILES string of the molecule is CCN1CCN(C(=O)CN2C(=O)CSC(c3cccs3)c3c(C(C)(C)C)nn(-c4ccc(C)cc4)c32)CC1. The van der Waals surface area contributed by atoms with Gasteiger partial charge in [0, 0.05) is 42.0 Å². The highest BCUT2D eigenvalue weighted by Crippen LogP contribution is 2.49. The van der Waals surface area contributed by atoms with Crippen LogP contribution < -0.4 is 4.90 Å². The van der Waals surface area contributed by atoms with Gasteiger partial charge in [-0.25, -0.2) is 4.68 Å². The summed E-state index contributed by atoms with van der Waals surface area (Å²) in [6.45, 7) is 14.8. The number of thiophene rings is 1. The standard InChI is InChI=1S/C29H37N5O2S2/c1-6-31-13-15-32(16-14-31)23(35)18-33-24(36)19-38-26(22-8-7-17-37-22)25-27(29(3,4)5)30-34(28(25)33)21-11-9-20(2)10-12-21/h7-12,17,26H,6,13-16,18-19H2,1-5H3. The maximum absolute atomic E-state index is 13.8. The van der Waals surface area contributed by atoms with Crippen LogP contribution in [0.15, 0.2) is 41.8 Å². The lowest BCUT2D eigenvalue weighted by atomic mass is 9.88. The second-order valence-corrected chi connectivity index (χ2v) is 13.2. The zero-order chi connectivity index (χ0) is 27.0. The molecule has 1 atom stereocenters. The van der Waals surface area contributed by atoms with Gasteiger partial charge in [-0.3, -0.25) is 14.5 Å². The highest BCUT2D eigenvalue weighted by atomic mass is 32.2. The molecule has 0 radical (unpaired) electrons. The Morgan fingerprint density at radius 3 is 2.39 bits per heavy atom. The minimum atomic E-state index is -0.254. The summed E-state index contributed by atoms with van der Waals surface area (Å²) in [6, 6.07) is 12.4. The second kappa shape index (κ2) is 10.9. The van der Waals surface area contributed by atoms with Crippen LogP contribution in [-0.2, 0) is 15.0 Å². The van der Waals surface area contributed by atoms with E-state index in [1.165, 1.54) is 4.88 Å². The molecule has 0 aliphatic carbocycles. The zero-order valence-corrected chi connectivity index (χ0v) is 24.6. The summed E-state index contributed by atoms with van der Waals surface area (Å²) < 4.78 is 1.90. The Balaban J connectivity index is 1.64. The van der Waals surface area contributed by atoms with E-state index in [4.69, 9.17) is 5.10 Å². The summed E-state index contributed by atoms with van der Waals surface area (Å²) in [5.41, 5.74) is 3.79. The first-order valence-corrected chi connectivity index (χ1v) is 15.3. The van der Waals surface area contributed by atoms with Gasteiger partial charge in [-0.05, 0) is 37.0 Å². The van der Waals surface area contributed by atoms with Crippen LogP contribution in [0.25, 0.3) is 5.69 Å². The van der Waals surface area contributed by atoms with Gasteiger partial charge >= 0.3 is 0 Å². The van der Waals surface area contributed by atoms with E-state index in [1.807, 2.05) is 21.7 Å². The molecule has 0 N–H and O–H groups in total. The third-order valence-electron chi connectivity index (χ3n) is 7.35. The Bertz CT molecular complexity index is 1290. The number of fused-ring (bicyclic) bond motifs is 1. The van der Waals surface area contributed by atoms with Crippen molar-refractivity contribution in [3.8, 4) is 5.69 Å². The van der Waals surface area contributed by atoms with Crippen LogP contribution in [-0.4, -0.2) is 76.4 Å². The summed E-state index contributed by atoms with van der Waals surface area (Å²) in [5, 5.41) is 7.22. The Labute approximate surface area is 233 Å². The minimum absolute atomic E-state index is 0.00593. The highest BCUT2D eigenvalue weighted by molar-refractivity contribution is 8.00. The van der Waals surface area contributed by atoms with Crippen molar-refractivity contribution < 1.29 is 9.59 Å². The van der Waals surface area contributed by atoms with Crippen LogP contribution in [0.1, 0.15) is 54.6 Å². The number of thioether (sulfide) groups is 1. The topological polar surface area (TPSA) is 61.7 Å². The fourth-order valence-corrected chi connectivity index (χ4v) is 7.33. The van der Waals surface area contributed by atoms with Gasteiger partial charge in [0.1, 0.15) is 12.4 Å². The molecule has 1 saturated heterocycles. The third kappa shape index (κ3) is 5.28. The van der Waals surface area contributed by atoms with E-state index in [9.17, 15) is 9.59 Å². The first-order valence-electron chi connectivity index (χ1n) is 13.3. The van der Waals surface area contributed by atoms with Gasteiger partial charge in [-0.1, -0.05) is 51.5 Å². The van der Waals surface area contributed by atoms with Gasteiger partial charge in [-0.15, -0.1) is 23.1 Å². The van der Waals surface area contributed by atoms with E-state index in [2.05, 4.69) is 69.2 Å². The molecule has 3 aromatic rings. The van der Waals surface area contributed by atoms with Crippen LogP contribution in [0.3, 0.4) is 0 Å². The molecule has 1 aromatic carbocycles. The van der Waals surface area contributed by atoms with Crippen LogP contribution in [0.5, 0.6) is 0 Å². The molecular formula is C29H37N5O2S2. The molecule has 202 valence electrons. The maximum atomic E-state index is 13.8. The Morgan fingerprint density at radius 1 is 1.08 bits per heavy atom. The number of aromatic nitrogens is 2. The first kappa shape index (κ1) is 27.0. The molecule has 0 bridgehead atoms. The van der Waals surface area contributed by atoms with Crippen molar-refractivity contribution in [2.24, 2.45) is 0 Å². The minimum Gasteiger partial charge on any atom is -0.339 e. The number of carbonyl (C=O) groups excluding carboxylic acids is 2. The molecule has 9 heteroatoms. The normalized spacial score (nSPS) is 19.0. The van der Waals surface area contributed by atoms with E-state index >= 15 is 0 Å². The van der Waals surface area contributed by atoms with Crippen LogP contribution >= 0.6 is 23.1 Å². The number of piperazine rings is 1. The average molecular weight is 552 g/mol. The number of likely N-dealkylation sites (N-methyl/N-ethyl adjacent to an activating group) is 1. The number of nitrogens with zero attached hydrogens (tertiary/aromatic N) is 5. The predicted octanol–water partition coefficient (Wildman–Crippen LogP) is 4.87. The van der Waals surface area contributed by atoms with Gasteiger partial charge < -0.3 is 9.80 Å². The molecule has 0 saturated carbocycles. The lowest BCUT2D eigenvalue weighted by molar-refractivity contribution is -0.132. The van der Waals surface area contributed by atoms with Gasteiger partial charge in [0.05, 0.1) is 22.4 Å². The van der Waals surface area contributed by atoms with Crippen molar-refractivity contribution in [2.45, 2.75) is 45.3 Å². The number of anilines is 1. The Kier molecular flexibility index (Phi) is 7.71. The maximum Gasteiger partial charge on any atom is 0.242 e. The third-order valence-corrected chi connectivity index (χ3v) is 9.67. The van der Waals surface area contributed by atoms with E-state index in [-0.39, 0.29) is 29.0 Å². The average Bonchev–Trinajstić information content (AvgIpc) is 3.54. The molecule has 2 aromatic heterocycles. The summed E-state index contributed by atoms with van der Waals surface area (Å²) in [5.74, 6) is 0.983. The first-order chi connectivity index (χ1) is 18.2. The molecule has 1 unspecified atom stereocenters. The molecular weight excluding hydrogens is 514 g/mol. The lowest BCUT2D eigenvalue weighted by Crippen LogP contribution is -2.52. The number of hydrogen-bond acceptors (Lipinski definition) is 6. The zero-order valence-electron chi connectivity index (χ0n) is 22.9. The van der Waals surface area contributed by atoms with E-state index < -0.39 is 0 Å². The molecule has 38 heavy (non-hydrogen) atoms. The van der Waals surface area contributed by atoms with Gasteiger partial charge in [0.15, 0.2) is 0 Å². The monoisotopic (exact) mass is 551 g/mol. The number of aryl methyl sites for hydroxylation is 1. The van der Waals surface area contributed by atoms with Crippen LogP contribution in [0, 0.1) is 6.92 Å². The fourth-order valence-electron chi connectivity index (χ4n) is 5.15. The van der Waals surface area contributed by atoms with Crippen molar-refractivity contribution in [3.63, 3.8) is 0 Å².